The average Bonchev–Trinajstić information content (AvgIpc) is 3.33. The molecular weight excluding hydrogens is 436 g/mol. The molecule has 1 fully saturated rings. The fourth-order valence-electron chi connectivity index (χ4n) is 4.60. The first-order chi connectivity index (χ1) is 17.1. The second-order valence-electron chi connectivity index (χ2n) is 9.43. The second-order valence-corrected chi connectivity index (χ2v) is 9.43. The van der Waals surface area contributed by atoms with E-state index in [-0.39, 0.29) is 5.91 Å². The molecule has 0 spiro atoms. The number of carbonyl (C=O) groups excluding carboxylic acids is 1. The zero-order valence-corrected chi connectivity index (χ0v) is 20.4. The van der Waals surface area contributed by atoms with E-state index in [4.69, 9.17) is 4.98 Å². The number of nitrogens with zero attached hydrogens (tertiary/aromatic N) is 5. The molecule has 0 bridgehead atoms. The molecule has 0 saturated carbocycles. The molecule has 180 valence electrons. The van der Waals surface area contributed by atoms with Gasteiger partial charge in [0.1, 0.15) is 5.69 Å². The van der Waals surface area contributed by atoms with E-state index in [0.29, 0.717) is 0 Å². The lowest BCUT2D eigenvalue weighted by molar-refractivity contribution is 0.0634. The van der Waals surface area contributed by atoms with E-state index in [1.165, 1.54) is 0 Å². The lowest BCUT2D eigenvalue weighted by Crippen LogP contribution is -2.49. The van der Waals surface area contributed by atoms with Crippen LogP contribution in [0, 0.1) is 0 Å². The first kappa shape index (κ1) is 23.2. The zero-order chi connectivity index (χ0) is 24.2. The number of nitrogens with one attached hydrogen (secondary N) is 1. The number of hydrogen-bond donors (Lipinski definition) is 1. The smallest absolute Gasteiger partial charge is 0.253 e. The molecule has 1 amide bonds. The maximum atomic E-state index is 13.1. The fourth-order valence-corrected chi connectivity index (χ4v) is 4.60. The second kappa shape index (κ2) is 10.4. The Morgan fingerprint density at radius 3 is 2.46 bits per heavy atom. The van der Waals surface area contributed by atoms with E-state index in [1.54, 1.807) is 12.4 Å². The molecule has 7 heteroatoms. The number of H-pyrrole nitrogens is 1. The van der Waals surface area contributed by atoms with Crippen LogP contribution < -0.4 is 0 Å². The van der Waals surface area contributed by atoms with Crippen molar-refractivity contribution in [3.8, 4) is 22.6 Å². The molecule has 1 aliphatic heterocycles. The molecular formula is C28H32N6O. The quantitative estimate of drug-likeness (QED) is 0.444. The molecule has 2 aromatic carbocycles. The number of amides is 1. The number of aromatic amines is 1. The van der Waals surface area contributed by atoms with Crippen LogP contribution in [0.1, 0.15) is 16.8 Å². The molecule has 1 N–H and O–H groups in total. The summed E-state index contributed by atoms with van der Waals surface area (Å²) in [6.45, 7) is 5.62. The predicted molar refractivity (Wildman–Crippen MR) is 140 cm³/mol. The van der Waals surface area contributed by atoms with Crippen molar-refractivity contribution in [2.24, 2.45) is 0 Å². The number of para-hydroxylation sites is 1. The van der Waals surface area contributed by atoms with Gasteiger partial charge in [0, 0.05) is 48.2 Å². The lowest BCUT2D eigenvalue weighted by atomic mass is 10.1. The van der Waals surface area contributed by atoms with Crippen LogP contribution in [0.15, 0.2) is 67.0 Å². The van der Waals surface area contributed by atoms with E-state index in [2.05, 4.69) is 52.1 Å². The standard InChI is InChI=1S/C28H32N6O/c1-32(2)12-5-13-33-14-16-34(17-15-33)28(35)22-10-8-21(9-11-22)26-19-29-20-27(31-26)25-18-23-6-3-4-7-24(23)30-25/h3-4,6-11,18-20,30H,5,12-17H2,1-2H3. The maximum absolute atomic E-state index is 13.1. The van der Waals surface area contributed by atoms with Crippen molar-refractivity contribution >= 4 is 16.8 Å². The summed E-state index contributed by atoms with van der Waals surface area (Å²) in [7, 11) is 4.21. The number of aromatic nitrogens is 3. The highest BCUT2D eigenvalue weighted by molar-refractivity contribution is 5.94. The number of carbonyl (C=O) groups is 1. The zero-order valence-electron chi connectivity index (χ0n) is 20.4. The van der Waals surface area contributed by atoms with E-state index in [0.717, 1.165) is 84.8 Å². The van der Waals surface area contributed by atoms with Crippen LogP contribution in [-0.2, 0) is 0 Å². The molecule has 0 unspecified atom stereocenters. The van der Waals surface area contributed by atoms with Gasteiger partial charge in [0.2, 0.25) is 0 Å². The predicted octanol–water partition coefficient (Wildman–Crippen LogP) is 4.00. The average molecular weight is 469 g/mol. The highest BCUT2D eigenvalue weighted by Crippen LogP contribution is 2.25. The normalized spacial score (nSPS) is 14.7. The van der Waals surface area contributed by atoms with Gasteiger partial charge in [-0.2, -0.15) is 0 Å². The minimum Gasteiger partial charge on any atom is -0.353 e. The van der Waals surface area contributed by atoms with Gasteiger partial charge in [0.25, 0.3) is 5.91 Å². The number of rotatable bonds is 7. The topological polar surface area (TPSA) is 68.4 Å². The number of hydrogen-bond acceptors (Lipinski definition) is 5. The summed E-state index contributed by atoms with van der Waals surface area (Å²) in [6, 6.07) is 18.0. The first-order valence-corrected chi connectivity index (χ1v) is 12.2. The molecule has 2 aromatic heterocycles. The summed E-state index contributed by atoms with van der Waals surface area (Å²) in [5.74, 6) is 0.0994. The highest BCUT2D eigenvalue weighted by Gasteiger charge is 2.22. The van der Waals surface area contributed by atoms with Crippen molar-refractivity contribution in [3.63, 3.8) is 0 Å². The third-order valence-corrected chi connectivity index (χ3v) is 6.61. The minimum absolute atomic E-state index is 0.0994. The molecule has 0 atom stereocenters. The molecule has 35 heavy (non-hydrogen) atoms. The Kier molecular flexibility index (Phi) is 6.88. The molecule has 3 heterocycles. The molecule has 1 aliphatic rings. The Bertz CT molecular complexity index is 1260. The van der Waals surface area contributed by atoms with Crippen molar-refractivity contribution in [2.75, 3.05) is 53.4 Å². The van der Waals surface area contributed by atoms with Gasteiger partial charge in [-0.15, -0.1) is 0 Å². The van der Waals surface area contributed by atoms with E-state index in [9.17, 15) is 4.79 Å². The summed E-state index contributed by atoms with van der Waals surface area (Å²) < 4.78 is 0. The Labute approximate surface area is 206 Å². The fraction of sp³-hybridized carbons (Fsp3) is 0.321. The summed E-state index contributed by atoms with van der Waals surface area (Å²) >= 11 is 0. The Balaban J connectivity index is 1.23. The van der Waals surface area contributed by atoms with Crippen molar-refractivity contribution < 1.29 is 4.79 Å². The van der Waals surface area contributed by atoms with Crippen LogP contribution in [0.25, 0.3) is 33.5 Å². The van der Waals surface area contributed by atoms with Gasteiger partial charge in [0.05, 0.1) is 23.8 Å². The van der Waals surface area contributed by atoms with Crippen molar-refractivity contribution in [1.29, 1.82) is 0 Å². The van der Waals surface area contributed by atoms with Crippen molar-refractivity contribution in [2.45, 2.75) is 6.42 Å². The summed E-state index contributed by atoms with van der Waals surface area (Å²) in [5, 5.41) is 1.15. The van der Waals surface area contributed by atoms with Crippen LogP contribution in [0.5, 0.6) is 0 Å². The summed E-state index contributed by atoms with van der Waals surface area (Å²) in [6.07, 6.45) is 4.69. The van der Waals surface area contributed by atoms with Crippen LogP contribution in [0.3, 0.4) is 0 Å². The Morgan fingerprint density at radius 2 is 1.71 bits per heavy atom. The van der Waals surface area contributed by atoms with E-state index in [1.807, 2.05) is 41.3 Å². The SMILES string of the molecule is CN(C)CCCN1CCN(C(=O)c2ccc(-c3cncc(-c4cc5ccccc5[nH]4)n3)cc2)CC1. The van der Waals surface area contributed by atoms with Gasteiger partial charge in [0.15, 0.2) is 0 Å². The molecule has 1 saturated heterocycles. The van der Waals surface area contributed by atoms with Gasteiger partial charge in [-0.05, 0) is 57.9 Å². The summed E-state index contributed by atoms with van der Waals surface area (Å²) in [4.78, 5) is 32.3. The van der Waals surface area contributed by atoms with Gasteiger partial charge in [-0.1, -0.05) is 30.3 Å². The summed E-state index contributed by atoms with van der Waals surface area (Å²) in [5.41, 5.74) is 5.25. The molecule has 7 nitrogen and oxygen atoms in total. The maximum Gasteiger partial charge on any atom is 0.253 e. The number of piperazine rings is 1. The Hall–Kier alpha value is -3.55. The van der Waals surface area contributed by atoms with E-state index >= 15 is 0 Å². The largest absolute Gasteiger partial charge is 0.353 e. The van der Waals surface area contributed by atoms with E-state index < -0.39 is 0 Å². The minimum atomic E-state index is 0.0994. The Morgan fingerprint density at radius 1 is 0.971 bits per heavy atom. The van der Waals surface area contributed by atoms with Crippen LogP contribution in [0.2, 0.25) is 0 Å². The number of benzene rings is 2. The van der Waals surface area contributed by atoms with Gasteiger partial charge >= 0.3 is 0 Å². The van der Waals surface area contributed by atoms with Crippen molar-refractivity contribution in [3.05, 3.63) is 72.6 Å². The molecule has 0 aliphatic carbocycles. The monoisotopic (exact) mass is 468 g/mol. The van der Waals surface area contributed by atoms with Crippen LogP contribution in [0.4, 0.5) is 0 Å². The van der Waals surface area contributed by atoms with Crippen LogP contribution in [-0.4, -0.2) is 88.9 Å². The van der Waals surface area contributed by atoms with Crippen molar-refractivity contribution in [1.82, 2.24) is 29.7 Å². The van der Waals surface area contributed by atoms with Crippen LogP contribution >= 0.6 is 0 Å². The molecule has 4 aromatic rings. The molecule has 5 rings (SSSR count). The van der Waals surface area contributed by atoms with Gasteiger partial charge in [-0.25, -0.2) is 4.98 Å². The highest BCUT2D eigenvalue weighted by atomic mass is 16.2. The third-order valence-electron chi connectivity index (χ3n) is 6.61. The third kappa shape index (κ3) is 5.42. The van der Waals surface area contributed by atoms with Gasteiger partial charge in [-0.3, -0.25) is 14.7 Å². The lowest BCUT2D eigenvalue weighted by Gasteiger charge is -2.35. The first-order valence-electron chi connectivity index (χ1n) is 12.2. The van der Waals surface area contributed by atoms with Gasteiger partial charge < -0.3 is 14.8 Å². The molecule has 0 radical (unpaired) electrons. The number of fused-ring (bicyclic) bond motifs is 1.